The number of carbonyl (C=O) groups excluding carboxylic acids is 2. The van der Waals surface area contributed by atoms with E-state index in [1.54, 1.807) is 4.90 Å². The average molecular weight is 285 g/mol. The number of amides is 3. The standard InChI is InChI=1S/C13H23N3O4/c1-2-5-10(12(18)19)15-13(20)14-7-6-11(17)16-8-3-4-9-16/h10H,2-9H2,1H3,(H,18,19)(H2,14,15,20)/t10-/m1/s1. The molecule has 0 aliphatic carbocycles. The molecule has 0 aromatic heterocycles. The second-order valence-corrected chi connectivity index (χ2v) is 4.92. The molecule has 0 aromatic rings. The van der Waals surface area contributed by atoms with Gasteiger partial charge >= 0.3 is 12.0 Å². The fraction of sp³-hybridized carbons (Fsp3) is 0.769. The predicted molar refractivity (Wildman–Crippen MR) is 73.3 cm³/mol. The molecule has 3 N–H and O–H groups in total. The van der Waals surface area contributed by atoms with E-state index in [9.17, 15) is 14.4 Å². The molecule has 1 saturated heterocycles. The number of carboxylic acid groups (broad SMARTS) is 1. The zero-order valence-electron chi connectivity index (χ0n) is 11.9. The van der Waals surface area contributed by atoms with E-state index in [1.165, 1.54) is 0 Å². The molecule has 1 atom stereocenters. The first-order valence-corrected chi connectivity index (χ1v) is 7.09. The van der Waals surface area contributed by atoms with Crippen LogP contribution in [-0.4, -0.2) is 53.6 Å². The van der Waals surface area contributed by atoms with Crippen LogP contribution in [0.1, 0.15) is 39.0 Å². The minimum atomic E-state index is -1.05. The molecule has 1 aliphatic heterocycles. The molecule has 7 heteroatoms. The first-order chi connectivity index (χ1) is 9.54. The number of nitrogens with zero attached hydrogens (tertiary/aromatic N) is 1. The summed E-state index contributed by atoms with van der Waals surface area (Å²) in [7, 11) is 0. The van der Waals surface area contributed by atoms with Crippen LogP contribution in [0.15, 0.2) is 0 Å². The van der Waals surface area contributed by atoms with Gasteiger partial charge in [-0.3, -0.25) is 4.79 Å². The van der Waals surface area contributed by atoms with Gasteiger partial charge in [-0.15, -0.1) is 0 Å². The van der Waals surface area contributed by atoms with Gasteiger partial charge in [0.05, 0.1) is 0 Å². The Bertz CT molecular complexity index is 354. The molecular weight excluding hydrogens is 262 g/mol. The van der Waals surface area contributed by atoms with E-state index in [4.69, 9.17) is 5.11 Å². The van der Waals surface area contributed by atoms with E-state index < -0.39 is 18.0 Å². The summed E-state index contributed by atoms with van der Waals surface area (Å²) in [5.74, 6) is -1.01. The average Bonchev–Trinajstić information content (AvgIpc) is 2.91. The maximum Gasteiger partial charge on any atom is 0.326 e. The van der Waals surface area contributed by atoms with Crippen molar-refractivity contribution in [1.29, 1.82) is 0 Å². The number of aliphatic carboxylic acids is 1. The van der Waals surface area contributed by atoms with Gasteiger partial charge in [-0.1, -0.05) is 13.3 Å². The van der Waals surface area contributed by atoms with Crippen LogP contribution in [-0.2, 0) is 9.59 Å². The van der Waals surface area contributed by atoms with E-state index in [0.717, 1.165) is 25.9 Å². The van der Waals surface area contributed by atoms with E-state index in [2.05, 4.69) is 10.6 Å². The number of nitrogens with one attached hydrogen (secondary N) is 2. The van der Waals surface area contributed by atoms with Crippen LogP contribution in [0.25, 0.3) is 0 Å². The summed E-state index contributed by atoms with van der Waals surface area (Å²) in [5.41, 5.74) is 0. The van der Waals surface area contributed by atoms with Crippen molar-refractivity contribution in [2.75, 3.05) is 19.6 Å². The van der Waals surface area contributed by atoms with Gasteiger partial charge in [0.2, 0.25) is 5.91 Å². The minimum absolute atomic E-state index is 0.0335. The minimum Gasteiger partial charge on any atom is -0.480 e. The van der Waals surface area contributed by atoms with Crippen LogP contribution in [0.4, 0.5) is 4.79 Å². The van der Waals surface area contributed by atoms with E-state index >= 15 is 0 Å². The fourth-order valence-corrected chi connectivity index (χ4v) is 2.16. The summed E-state index contributed by atoms with van der Waals surface area (Å²) in [5, 5.41) is 13.8. The molecule has 1 rings (SSSR count). The largest absolute Gasteiger partial charge is 0.480 e. The van der Waals surface area contributed by atoms with Gasteiger partial charge in [0.25, 0.3) is 0 Å². The molecule has 1 fully saturated rings. The molecule has 1 aliphatic rings. The number of carboxylic acids is 1. The molecule has 114 valence electrons. The van der Waals surface area contributed by atoms with E-state index in [0.29, 0.717) is 12.8 Å². The zero-order valence-corrected chi connectivity index (χ0v) is 11.9. The predicted octanol–water partition coefficient (Wildman–Crippen LogP) is 0.551. The van der Waals surface area contributed by atoms with Crippen LogP contribution in [0.2, 0.25) is 0 Å². The van der Waals surface area contributed by atoms with Crippen molar-refractivity contribution in [2.45, 2.75) is 45.1 Å². The number of urea groups is 1. The van der Waals surface area contributed by atoms with Crippen LogP contribution in [0, 0.1) is 0 Å². The molecule has 3 amide bonds. The Labute approximate surface area is 118 Å². The number of likely N-dealkylation sites (tertiary alicyclic amines) is 1. The number of hydrogen-bond acceptors (Lipinski definition) is 3. The van der Waals surface area contributed by atoms with Crippen LogP contribution in [0.5, 0.6) is 0 Å². The number of rotatable bonds is 7. The highest BCUT2D eigenvalue weighted by molar-refractivity contribution is 5.83. The summed E-state index contributed by atoms with van der Waals surface area (Å²) in [4.78, 5) is 35.9. The van der Waals surface area contributed by atoms with Crippen molar-refractivity contribution in [3.8, 4) is 0 Å². The van der Waals surface area contributed by atoms with Gasteiger partial charge in [-0.05, 0) is 19.3 Å². The molecule has 0 radical (unpaired) electrons. The van der Waals surface area contributed by atoms with Crippen molar-refractivity contribution in [2.24, 2.45) is 0 Å². The lowest BCUT2D eigenvalue weighted by Gasteiger charge is -2.16. The van der Waals surface area contributed by atoms with Crippen LogP contribution >= 0.6 is 0 Å². The molecule has 7 nitrogen and oxygen atoms in total. The summed E-state index contributed by atoms with van der Waals surface area (Å²) < 4.78 is 0. The second-order valence-electron chi connectivity index (χ2n) is 4.92. The Morgan fingerprint density at radius 3 is 2.45 bits per heavy atom. The van der Waals surface area contributed by atoms with E-state index in [1.807, 2.05) is 6.92 Å². The molecular formula is C13H23N3O4. The van der Waals surface area contributed by atoms with Crippen LogP contribution < -0.4 is 10.6 Å². The Balaban J connectivity index is 2.21. The first kappa shape index (κ1) is 16.3. The van der Waals surface area contributed by atoms with Crippen LogP contribution in [0.3, 0.4) is 0 Å². The Morgan fingerprint density at radius 2 is 1.90 bits per heavy atom. The third-order valence-corrected chi connectivity index (χ3v) is 3.26. The molecule has 0 aromatic carbocycles. The summed E-state index contributed by atoms with van der Waals surface area (Å²) in [6.07, 6.45) is 3.38. The van der Waals surface area contributed by atoms with Gasteiger partial charge in [-0.25, -0.2) is 9.59 Å². The highest BCUT2D eigenvalue weighted by Gasteiger charge is 2.20. The van der Waals surface area contributed by atoms with Gasteiger partial charge in [0.15, 0.2) is 0 Å². The van der Waals surface area contributed by atoms with Crippen molar-refractivity contribution < 1.29 is 19.5 Å². The Kier molecular flexibility index (Phi) is 6.83. The van der Waals surface area contributed by atoms with Gasteiger partial charge in [-0.2, -0.15) is 0 Å². The number of carbonyl (C=O) groups is 3. The summed E-state index contributed by atoms with van der Waals surface area (Å²) in [6, 6.07) is -1.42. The molecule has 1 heterocycles. The lowest BCUT2D eigenvalue weighted by Crippen LogP contribution is -2.46. The lowest BCUT2D eigenvalue weighted by atomic mass is 10.2. The highest BCUT2D eigenvalue weighted by atomic mass is 16.4. The Morgan fingerprint density at radius 1 is 1.25 bits per heavy atom. The topological polar surface area (TPSA) is 98.7 Å². The number of hydrogen-bond donors (Lipinski definition) is 3. The first-order valence-electron chi connectivity index (χ1n) is 7.09. The summed E-state index contributed by atoms with van der Waals surface area (Å²) in [6.45, 7) is 3.66. The van der Waals surface area contributed by atoms with E-state index in [-0.39, 0.29) is 18.9 Å². The van der Waals surface area contributed by atoms with Gasteiger partial charge in [0.1, 0.15) is 6.04 Å². The van der Waals surface area contributed by atoms with Crippen molar-refractivity contribution in [1.82, 2.24) is 15.5 Å². The smallest absolute Gasteiger partial charge is 0.326 e. The van der Waals surface area contributed by atoms with Gasteiger partial charge < -0.3 is 20.6 Å². The van der Waals surface area contributed by atoms with Gasteiger partial charge in [0, 0.05) is 26.1 Å². The SMILES string of the molecule is CCC[C@@H](NC(=O)NCCC(=O)N1CCCC1)C(=O)O. The normalized spacial score (nSPS) is 15.8. The maximum absolute atomic E-state index is 11.7. The second kappa shape index (κ2) is 8.39. The van der Waals surface area contributed by atoms with Crippen molar-refractivity contribution >= 4 is 17.9 Å². The molecule has 0 unspecified atom stereocenters. The maximum atomic E-state index is 11.7. The lowest BCUT2D eigenvalue weighted by molar-refractivity contribution is -0.139. The monoisotopic (exact) mass is 285 g/mol. The highest BCUT2D eigenvalue weighted by Crippen LogP contribution is 2.08. The third kappa shape index (κ3) is 5.46. The molecule has 20 heavy (non-hydrogen) atoms. The van der Waals surface area contributed by atoms with Crippen molar-refractivity contribution in [3.63, 3.8) is 0 Å². The molecule has 0 spiro atoms. The third-order valence-electron chi connectivity index (χ3n) is 3.26. The fourth-order valence-electron chi connectivity index (χ4n) is 2.16. The zero-order chi connectivity index (χ0) is 15.0. The quantitative estimate of drug-likeness (QED) is 0.636. The summed E-state index contributed by atoms with van der Waals surface area (Å²) >= 11 is 0. The molecule has 0 bridgehead atoms. The van der Waals surface area contributed by atoms with Crippen molar-refractivity contribution in [3.05, 3.63) is 0 Å². The molecule has 0 saturated carbocycles. The Hall–Kier alpha value is -1.79.